The average molecular weight is 386 g/mol. The zero-order chi connectivity index (χ0) is 19.4. The SMILES string of the molecule is CN(Cc1c(F)cccc1Cl)C(=O)CNc1cc(F)c(F)cc1C(N)=O. The van der Waals surface area contributed by atoms with Gasteiger partial charge in [0.05, 0.1) is 17.8 Å². The molecule has 2 amide bonds. The molecule has 0 fully saturated rings. The van der Waals surface area contributed by atoms with Crippen LogP contribution in [0.15, 0.2) is 30.3 Å². The summed E-state index contributed by atoms with van der Waals surface area (Å²) in [5.41, 5.74) is 4.85. The molecule has 9 heteroatoms. The highest BCUT2D eigenvalue weighted by atomic mass is 35.5. The molecule has 138 valence electrons. The number of benzene rings is 2. The first-order valence-electron chi connectivity index (χ1n) is 7.40. The first-order chi connectivity index (χ1) is 12.2. The molecule has 0 spiro atoms. The van der Waals surface area contributed by atoms with Crippen LogP contribution in [-0.4, -0.2) is 30.3 Å². The predicted octanol–water partition coefficient (Wildman–Crippen LogP) is 2.93. The summed E-state index contributed by atoms with van der Waals surface area (Å²) in [5, 5.41) is 2.71. The lowest BCUT2D eigenvalue weighted by atomic mass is 10.1. The number of halogens is 4. The second-order valence-corrected chi connectivity index (χ2v) is 5.89. The van der Waals surface area contributed by atoms with Gasteiger partial charge in [-0.15, -0.1) is 0 Å². The van der Waals surface area contributed by atoms with Crippen molar-refractivity contribution in [3.63, 3.8) is 0 Å². The van der Waals surface area contributed by atoms with Gasteiger partial charge in [0.1, 0.15) is 5.82 Å². The summed E-state index contributed by atoms with van der Waals surface area (Å²) in [6.45, 7) is -0.444. The van der Waals surface area contributed by atoms with Gasteiger partial charge in [0.25, 0.3) is 5.91 Å². The van der Waals surface area contributed by atoms with Crippen molar-refractivity contribution in [2.45, 2.75) is 6.54 Å². The second kappa shape index (κ2) is 8.09. The van der Waals surface area contributed by atoms with Crippen LogP contribution in [0.5, 0.6) is 0 Å². The largest absolute Gasteiger partial charge is 0.375 e. The third kappa shape index (κ3) is 4.45. The molecule has 0 aliphatic heterocycles. The van der Waals surface area contributed by atoms with E-state index in [0.29, 0.717) is 6.07 Å². The van der Waals surface area contributed by atoms with Gasteiger partial charge >= 0.3 is 0 Å². The number of nitrogens with two attached hydrogens (primary N) is 1. The highest BCUT2D eigenvalue weighted by Gasteiger charge is 2.17. The standard InChI is InChI=1S/C17H15ClF3N3O2/c1-24(8-10-11(18)3-2-4-12(10)19)16(25)7-23-15-6-14(21)13(20)5-9(15)17(22)26/h2-6,23H,7-8H2,1H3,(H2,22,26). The van der Waals surface area contributed by atoms with Crippen molar-refractivity contribution >= 4 is 29.1 Å². The molecular weight excluding hydrogens is 371 g/mol. The van der Waals surface area contributed by atoms with E-state index in [9.17, 15) is 22.8 Å². The third-order valence-electron chi connectivity index (χ3n) is 3.64. The molecule has 0 saturated carbocycles. The molecule has 0 saturated heterocycles. The van der Waals surface area contributed by atoms with Crippen molar-refractivity contribution in [3.8, 4) is 0 Å². The van der Waals surface area contributed by atoms with Crippen molar-refractivity contribution in [2.75, 3.05) is 18.9 Å². The summed E-state index contributed by atoms with van der Waals surface area (Å²) in [7, 11) is 1.42. The van der Waals surface area contributed by atoms with E-state index in [1.54, 1.807) is 0 Å². The van der Waals surface area contributed by atoms with E-state index in [0.717, 1.165) is 6.07 Å². The normalized spacial score (nSPS) is 10.5. The summed E-state index contributed by atoms with van der Waals surface area (Å²) >= 11 is 5.92. The van der Waals surface area contributed by atoms with Gasteiger partial charge in [-0.25, -0.2) is 13.2 Å². The van der Waals surface area contributed by atoms with Crippen LogP contribution >= 0.6 is 11.6 Å². The molecule has 0 unspecified atom stereocenters. The Morgan fingerprint density at radius 3 is 2.42 bits per heavy atom. The number of nitrogens with one attached hydrogen (secondary N) is 1. The molecule has 2 aromatic carbocycles. The number of primary amides is 1. The number of likely N-dealkylation sites (N-methyl/N-ethyl adjacent to an activating group) is 1. The number of hydrogen-bond donors (Lipinski definition) is 2. The van der Waals surface area contributed by atoms with Crippen LogP contribution in [0, 0.1) is 17.5 Å². The minimum atomic E-state index is -1.23. The Hall–Kier alpha value is -2.74. The maximum Gasteiger partial charge on any atom is 0.250 e. The van der Waals surface area contributed by atoms with Gasteiger partial charge in [0.2, 0.25) is 5.91 Å². The lowest BCUT2D eigenvalue weighted by molar-refractivity contribution is -0.128. The predicted molar refractivity (Wildman–Crippen MR) is 91.2 cm³/mol. The molecule has 0 aromatic heterocycles. The molecule has 26 heavy (non-hydrogen) atoms. The van der Waals surface area contributed by atoms with Gasteiger partial charge < -0.3 is 16.0 Å². The fourth-order valence-corrected chi connectivity index (χ4v) is 2.43. The Kier molecular flexibility index (Phi) is 6.10. The van der Waals surface area contributed by atoms with Crippen molar-refractivity contribution in [1.29, 1.82) is 0 Å². The molecule has 2 aromatic rings. The molecule has 0 atom stereocenters. The third-order valence-corrected chi connectivity index (χ3v) is 3.99. The molecule has 2 rings (SSSR count). The van der Waals surface area contributed by atoms with Crippen molar-refractivity contribution in [3.05, 3.63) is 63.9 Å². The van der Waals surface area contributed by atoms with E-state index in [1.165, 1.54) is 30.1 Å². The maximum atomic E-state index is 13.8. The van der Waals surface area contributed by atoms with E-state index in [2.05, 4.69) is 5.32 Å². The minimum Gasteiger partial charge on any atom is -0.375 e. The fourth-order valence-electron chi connectivity index (χ4n) is 2.21. The summed E-state index contributed by atoms with van der Waals surface area (Å²) in [6, 6.07) is 5.54. The lowest BCUT2D eigenvalue weighted by Gasteiger charge is -2.19. The topological polar surface area (TPSA) is 75.4 Å². The van der Waals surface area contributed by atoms with Gasteiger partial charge in [-0.3, -0.25) is 9.59 Å². The fraction of sp³-hybridized carbons (Fsp3) is 0.176. The summed E-state index contributed by atoms with van der Waals surface area (Å²) in [6.07, 6.45) is 0. The number of carbonyl (C=O) groups is 2. The number of carbonyl (C=O) groups excluding carboxylic acids is 2. The number of rotatable bonds is 6. The zero-order valence-electron chi connectivity index (χ0n) is 13.7. The number of hydrogen-bond acceptors (Lipinski definition) is 3. The first kappa shape index (κ1) is 19.6. The highest BCUT2D eigenvalue weighted by molar-refractivity contribution is 6.31. The molecule has 0 radical (unpaired) electrons. The van der Waals surface area contributed by atoms with Crippen LogP contribution in [0.25, 0.3) is 0 Å². The summed E-state index contributed by atoms with van der Waals surface area (Å²) < 4.78 is 40.4. The highest BCUT2D eigenvalue weighted by Crippen LogP contribution is 2.21. The van der Waals surface area contributed by atoms with E-state index < -0.39 is 29.3 Å². The van der Waals surface area contributed by atoms with E-state index in [4.69, 9.17) is 17.3 Å². The number of amides is 2. The van der Waals surface area contributed by atoms with Gasteiger partial charge in [0, 0.05) is 30.2 Å². The second-order valence-electron chi connectivity index (χ2n) is 5.48. The Morgan fingerprint density at radius 1 is 1.15 bits per heavy atom. The molecule has 3 N–H and O–H groups in total. The summed E-state index contributed by atoms with van der Waals surface area (Å²) in [4.78, 5) is 24.7. The Morgan fingerprint density at radius 2 is 1.81 bits per heavy atom. The molecule has 0 heterocycles. The van der Waals surface area contributed by atoms with Crippen molar-refractivity contribution in [1.82, 2.24) is 4.90 Å². The molecule has 0 aliphatic carbocycles. The van der Waals surface area contributed by atoms with Gasteiger partial charge in [-0.05, 0) is 18.2 Å². The average Bonchev–Trinajstić information content (AvgIpc) is 2.58. The smallest absolute Gasteiger partial charge is 0.250 e. The van der Waals surface area contributed by atoms with E-state index in [-0.39, 0.29) is 34.9 Å². The van der Waals surface area contributed by atoms with Gasteiger partial charge in [-0.2, -0.15) is 0 Å². The van der Waals surface area contributed by atoms with E-state index in [1.807, 2.05) is 0 Å². The molecule has 0 bridgehead atoms. The molecule has 0 aliphatic rings. The zero-order valence-corrected chi connectivity index (χ0v) is 14.4. The number of anilines is 1. The van der Waals surface area contributed by atoms with E-state index >= 15 is 0 Å². The van der Waals surface area contributed by atoms with Crippen molar-refractivity contribution < 1.29 is 22.8 Å². The van der Waals surface area contributed by atoms with Crippen LogP contribution in [0.3, 0.4) is 0 Å². The Labute approximate surface area is 152 Å². The summed E-state index contributed by atoms with van der Waals surface area (Å²) in [5.74, 6) is -4.46. The van der Waals surface area contributed by atoms with Crippen LogP contribution in [-0.2, 0) is 11.3 Å². The first-order valence-corrected chi connectivity index (χ1v) is 7.78. The van der Waals surface area contributed by atoms with Crippen LogP contribution in [0.2, 0.25) is 5.02 Å². The molecule has 5 nitrogen and oxygen atoms in total. The monoisotopic (exact) mass is 385 g/mol. The van der Waals surface area contributed by atoms with Crippen LogP contribution in [0.4, 0.5) is 18.9 Å². The lowest BCUT2D eigenvalue weighted by Crippen LogP contribution is -2.32. The van der Waals surface area contributed by atoms with Crippen LogP contribution in [0.1, 0.15) is 15.9 Å². The number of nitrogens with zero attached hydrogens (tertiary/aromatic N) is 1. The van der Waals surface area contributed by atoms with Gasteiger partial charge in [0.15, 0.2) is 11.6 Å². The maximum absolute atomic E-state index is 13.8. The Balaban J connectivity index is 2.09. The van der Waals surface area contributed by atoms with Crippen LogP contribution < -0.4 is 11.1 Å². The van der Waals surface area contributed by atoms with Gasteiger partial charge in [-0.1, -0.05) is 17.7 Å². The Bertz CT molecular complexity index is 841. The van der Waals surface area contributed by atoms with Crippen molar-refractivity contribution in [2.24, 2.45) is 5.73 Å². The quantitative estimate of drug-likeness (QED) is 0.802. The minimum absolute atomic E-state index is 0.0908. The molecular formula is C17H15ClF3N3O2.